The minimum Gasteiger partial charge on any atom is -0.393 e. The first-order valence-corrected chi connectivity index (χ1v) is 16.4. The molecule has 0 aromatic rings. The van der Waals surface area contributed by atoms with Gasteiger partial charge in [-0.05, 0) is 73.0 Å². The van der Waals surface area contributed by atoms with Gasteiger partial charge in [0.2, 0.25) is 0 Å². The maximum absolute atomic E-state index is 12.5. The van der Waals surface area contributed by atoms with Crippen molar-refractivity contribution in [1.82, 2.24) is 0 Å². The number of methoxy groups -OCH3 is 1. The zero-order chi connectivity index (χ0) is 31.5. The van der Waals surface area contributed by atoms with Crippen molar-refractivity contribution in [1.29, 1.82) is 0 Å². The highest BCUT2D eigenvalue weighted by Gasteiger charge is 2.71. The molecule has 5 fully saturated rings. The van der Waals surface area contributed by atoms with Crippen LogP contribution in [0.3, 0.4) is 0 Å². The van der Waals surface area contributed by atoms with Crippen LogP contribution in [0, 0.1) is 46.3 Å². The molecule has 4 aliphatic carbocycles. The summed E-state index contributed by atoms with van der Waals surface area (Å²) in [6.07, 6.45) is 1.40. The molecule has 7 N–H and O–H groups in total. The van der Waals surface area contributed by atoms with Gasteiger partial charge in [0.25, 0.3) is 0 Å². The predicted molar refractivity (Wildman–Crippen MR) is 157 cm³/mol. The van der Waals surface area contributed by atoms with Crippen LogP contribution in [0.1, 0.15) is 72.6 Å². The van der Waals surface area contributed by atoms with Crippen LogP contribution in [0.15, 0.2) is 12.2 Å². The van der Waals surface area contributed by atoms with E-state index in [1.54, 1.807) is 0 Å². The number of ether oxygens (including phenoxy) is 3. The molecule has 4 saturated carbocycles. The van der Waals surface area contributed by atoms with Crippen LogP contribution in [-0.4, -0.2) is 111 Å². The van der Waals surface area contributed by atoms with Gasteiger partial charge in [0.05, 0.1) is 43.2 Å². The molecule has 5 aliphatic rings. The van der Waals surface area contributed by atoms with E-state index in [9.17, 15) is 35.7 Å². The molecule has 3 unspecified atom stereocenters. The van der Waals surface area contributed by atoms with E-state index < -0.39 is 66.0 Å². The van der Waals surface area contributed by atoms with Crippen LogP contribution in [0.2, 0.25) is 0 Å². The van der Waals surface area contributed by atoms with Gasteiger partial charge in [0.15, 0.2) is 6.29 Å². The zero-order valence-corrected chi connectivity index (χ0v) is 26.5. The minimum absolute atomic E-state index is 0.0404. The van der Waals surface area contributed by atoms with E-state index in [1.165, 1.54) is 7.11 Å². The summed E-state index contributed by atoms with van der Waals surface area (Å²) >= 11 is 0. The number of allylic oxidation sites excluding steroid dienone is 2. The molecule has 10 nitrogen and oxygen atoms in total. The van der Waals surface area contributed by atoms with Crippen molar-refractivity contribution < 1.29 is 50.0 Å². The fraction of sp³-hybridized carbons (Fsp3) is 0.939. The Morgan fingerprint density at radius 2 is 1.60 bits per heavy atom. The molecule has 248 valence electrons. The van der Waals surface area contributed by atoms with E-state index in [1.807, 2.05) is 0 Å². The topological polar surface area (TPSA) is 169 Å². The summed E-state index contributed by atoms with van der Waals surface area (Å²) in [5.41, 5.74) is -2.07. The van der Waals surface area contributed by atoms with Gasteiger partial charge in [0.1, 0.15) is 18.3 Å². The van der Waals surface area contributed by atoms with Crippen molar-refractivity contribution in [2.45, 2.75) is 127 Å². The summed E-state index contributed by atoms with van der Waals surface area (Å²) in [4.78, 5) is 0. The third kappa shape index (κ3) is 5.66. The summed E-state index contributed by atoms with van der Waals surface area (Å²) < 4.78 is 16.5. The largest absolute Gasteiger partial charge is 0.393 e. The number of hydrogen-bond acceptors (Lipinski definition) is 10. The molecule has 5 rings (SSSR count). The van der Waals surface area contributed by atoms with Gasteiger partial charge >= 0.3 is 0 Å². The second kappa shape index (κ2) is 12.5. The molecule has 0 radical (unpaired) electrons. The molecule has 0 aromatic heterocycles. The maximum Gasteiger partial charge on any atom is 0.186 e. The zero-order valence-electron chi connectivity index (χ0n) is 26.5. The Balaban J connectivity index is 1.22. The Morgan fingerprint density at radius 3 is 2.30 bits per heavy atom. The lowest BCUT2D eigenvalue weighted by atomic mass is 9.41. The number of aliphatic hydroxyl groups excluding tert-OH is 6. The van der Waals surface area contributed by atoms with Gasteiger partial charge in [-0.3, -0.25) is 0 Å². The Bertz CT molecular complexity index is 995. The molecule has 1 saturated heterocycles. The number of rotatable bonds is 8. The van der Waals surface area contributed by atoms with Gasteiger partial charge in [-0.15, -0.1) is 0 Å². The van der Waals surface area contributed by atoms with Gasteiger partial charge in [-0.2, -0.15) is 0 Å². The molecule has 43 heavy (non-hydrogen) atoms. The van der Waals surface area contributed by atoms with E-state index in [2.05, 4.69) is 39.8 Å². The summed E-state index contributed by atoms with van der Waals surface area (Å²) in [5.74, 6) is -0.558. The van der Waals surface area contributed by atoms with E-state index in [0.29, 0.717) is 25.9 Å². The lowest BCUT2D eigenvalue weighted by molar-refractivity contribution is -0.280. The first-order chi connectivity index (χ1) is 20.2. The lowest BCUT2D eigenvalue weighted by Crippen LogP contribution is -2.70. The second-order valence-electron chi connectivity index (χ2n) is 15.3. The van der Waals surface area contributed by atoms with E-state index in [-0.39, 0.29) is 48.0 Å². The third-order valence-electron chi connectivity index (χ3n) is 12.7. The highest BCUT2D eigenvalue weighted by Crippen LogP contribution is 2.69. The van der Waals surface area contributed by atoms with Crippen molar-refractivity contribution in [3.05, 3.63) is 12.2 Å². The van der Waals surface area contributed by atoms with Gasteiger partial charge < -0.3 is 50.0 Å². The molecule has 0 spiro atoms. The first kappa shape index (κ1) is 33.7. The van der Waals surface area contributed by atoms with Crippen LogP contribution in [-0.2, 0) is 14.2 Å². The van der Waals surface area contributed by atoms with Crippen LogP contribution < -0.4 is 0 Å². The molecular weight excluding hydrogens is 556 g/mol. The monoisotopic (exact) mass is 612 g/mol. The molecule has 0 aromatic carbocycles. The molecule has 1 heterocycles. The highest BCUT2D eigenvalue weighted by atomic mass is 16.7. The number of aliphatic hydroxyl groups is 7. The van der Waals surface area contributed by atoms with Gasteiger partial charge in [-0.25, -0.2) is 0 Å². The van der Waals surface area contributed by atoms with Gasteiger partial charge in [-0.1, -0.05) is 39.8 Å². The van der Waals surface area contributed by atoms with Crippen LogP contribution >= 0.6 is 0 Å². The average Bonchev–Trinajstić information content (AvgIpc) is 3.21. The lowest BCUT2D eigenvalue weighted by Gasteiger charge is -2.66. The highest BCUT2D eigenvalue weighted by molar-refractivity contribution is 5.21. The van der Waals surface area contributed by atoms with Gasteiger partial charge in [0, 0.05) is 25.4 Å². The molecule has 0 amide bonds. The minimum atomic E-state index is -1.24. The smallest absolute Gasteiger partial charge is 0.186 e. The first-order valence-electron chi connectivity index (χ1n) is 16.4. The molecule has 10 heteroatoms. The van der Waals surface area contributed by atoms with E-state index >= 15 is 0 Å². The Kier molecular flexibility index (Phi) is 9.80. The Hall–Kier alpha value is -0.660. The van der Waals surface area contributed by atoms with Crippen molar-refractivity contribution >= 4 is 0 Å². The van der Waals surface area contributed by atoms with Crippen molar-refractivity contribution in [2.24, 2.45) is 46.3 Å². The standard InChI is InChI=1S/C33H56O10/c1-17(15-42-30-27(39)28(41-5)23(37)16-43-30)7-6-8-18(2)19-13-21(35)29-31(19,3)12-10-24-32(4)11-9-20(34)26(38)25(32)22(36)14-33(24,29)40/h6,8,17-30,34-40H,7,9-16H2,1-5H3/b8-6+/t17-,18+,19+,20-,21+,22-,23+,24?,25?,26-,27+,28-,29?,30+,31+,32+,33-/m0/s1. The summed E-state index contributed by atoms with van der Waals surface area (Å²) in [7, 11) is 1.44. The van der Waals surface area contributed by atoms with Crippen LogP contribution in [0.25, 0.3) is 0 Å². The molecule has 0 bridgehead atoms. The summed E-state index contributed by atoms with van der Waals surface area (Å²) in [5, 5.41) is 76.8. The van der Waals surface area contributed by atoms with Crippen molar-refractivity contribution in [3.63, 3.8) is 0 Å². The SMILES string of the molecule is CO[C@@H]1[C@@H](O)[C@H](OC[C@@H](C)C/C=C/[C@@H](C)[C@H]2C[C@@H](O)C3[C@]4(O)C[C@H](O)C5[C@@H](O)[C@@H](O)CC[C@]5(C)C4CC[C@@]32C)OC[C@H]1O. The fourth-order valence-electron chi connectivity index (χ4n) is 10.6. The van der Waals surface area contributed by atoms with Crippen LogP contribution in [0.4, 0.5) is 0 Å². The summed E-state index contributed by atoms with van der Waals surface area (Å²) in [6, 6.07) is 0. The maximum atomic E-state index is 12.5. The molecule has 1 aliphatic heterocycles. The quantitative estimate of drug-likeness (QED) is 0.199. The van der Waals surface area contributed by atoms with Crippen molar-refractivity contribution in [3.8, 4) is 0 Å². The molecular formula is C33H56O10. The summed E-state index contributed by atoms with van der Waals surface area (Å²) in [6.45, 7) is 8.91. The second-order valence-corrected chi connectivity index (χ2v) is 15.3. The average molecular weight is 613 g/mol. The Labute approximate surface area is 256 Å². The van der Waals surface area contributed by atoms with Crippen LogP contribution in [0.5, 0.6) is 0 Å². The van der Waals surface area contributed by atoms with E-state index in [0.717, 1.165) is 19.3 Å². The Morgan fingerprint density at radius 1 is 0.907 bits per heavy atom. The number of fused-ring (bicyclic) bond motifs is 5. The van der Waals surface area contributed by atoms with Crippen molar-refractivity contribution in [2.75, 3.05) is 20.3 Å². The normalized spacial score (nSPS) is 53.2. The van der Waals surface area contributed by atoms with E-state index in [4.69, 9.17) is 14.2 Å². The fourth-order valence-corrected chi connectivity index (χ4v) is 10.6. The predicted octanol–water partition coefficient (Wildman–Crippen LogP) is 1.36. The third-order valence-corrected chi connectivity index (χ3v) is 12.7. The molecule has 17 atom stereocenters. The number of hydrogen-bond donors (Lipinski definition) is 7.